The van der Waals surface area contributed by atoms with Gasteiger partial charge in [0.05, 0.1) is 4.83 Å². The molecule has 0 saturated carbocycles. The van der Waals surface area contributed by atoms with Crippen LogP contribution < -0.4 is 10.5 Å². The Hall–Kier alpha value is -0.590. The van der Waals surface area contributed by atoms with Gasteiger partial charge in [-0.15, -0.1) is 0 Å². The van der Waals surface area contributed by atoms with E-state index in [4.69, 9.17) is 15.6 Å². The van der Waals surface area contributed by atoms with Crippen molar-refractivity contribution in [3.63, 3.8) is 0 Å². The summed E-state index contributed by atoms with van der Waals surface area (Å²) < 4.78 is 5.58. The maximum Gasteiger partial charge on any atom is 0.320 e. The first kappa shape index (κ1) is 15.5. The average molecular weight is 381 g/mol. The molecule has 2 atom stereocenters. The summed E-state index contributed by atoms with van der Waals surface area (Å²) in [4.78, 5) is 10.9. The van der Waals surface area contributed by atoms with Crippen LogP contribution in [0.1, 0.15) is 5.56 Å². The number of ether oxygens (including phenoxy) is 1. The molecule has 0 aromatic heterocycles. The minimum atomic E-state index is -0.999. The van der Waals surface area contributed by atoms with Crippen LogP contribution in [0.4, 0.5) is 0 Å². The van der Waals surface area contributed by atoms with Crippen LogP contribution in [0.25, 0.3) is 0 Å². The van der Waals surface area contributed by atoms with E-state index in [0.717, 1.165) is 16.6 Å². The molecule has 1 aromatic carbocycles. The smallest absolute Gasteiger partial charge is 0.320 e. The lowest BCUT2D eigenvalue weighted by Gasteiger charge is -2.11. The van der Waals surface area contributed by atoms with E-state index in [1.54, 1.807) is 0 Å². The van der Waals surface area contributed by atoms with E-state index in [0.29, 0.717) is 13.0 Å². The zero-order valence-corrected chi connectivity index (χ0v) is 12.9. The molecule has 0 saturated heterocycles. The van der Waals surface area contributed by atoms with E-state index < -0.39 is 12.0 Å². The van der Waals surface area contributed by atoms with Crippen molar-refractivity contribution in [2.75, 3.05) is 11.9 Å². The molecule has 0 aliphatic carbocycles. The monoisotopic (exact) mass is 379 g/mol. The summed E-state index contributed by atoms with van der Waals surface area (Å²) in [7, 11) is 0. The van der Waals surface area contributed by atoms with E-state index in [1.807, 2.05) is 24.3 Å². The van der Waals surface area contributed by atoms with Gasteiger partial charge in [-0.05, 0) is 24.1 Å². The van der Waals surface area contributed by atoms with Gasteiger partial charge in [0.1, 0.15) is 18.4 Å². The third kappa shape index (κ3) is 5.37. The fourth-order valence-corrected chi connectivity index (χ4v) is 1.65. The molecule has 3 N–H and O–H groups in total. The number of nitrogens with two attached hydrogens (primary N) is 1. The third-order valence-corrected chi connectivity index (χ3v) is 4.51. The number of rotatable bonds is 7. The summed E-state index contributed by atoms with van der Waals surface area (Å²) in [5.41, 5.74) is 6.34. The summed E-state index contributed by atoms with van der Waals surface area (Å²) in [6.07, 6.45) is 0.294. The fraction of sp³-hybridized carbons (Fsp3) is 0.417. The molecule has 0 spiro atoms. The highest BCUT2D eigenvalue weighted by molar-refractivity contribution is 9.12. The molecule has 6 heteroatoms. The Morgan fingerprint density at radius 2 is 2.22 bits per heavy atom. The quantitative estimate of drug-likeness (QED) is 0.711. The summed E-state index contributed by atoms with van der Waals surface area (Å²) in [6, 6.07) is 6.44. The van der Waals surface area contributed by atoms with Crippen molar-refractivity contribution >= 4 is 37.8 Å². The Kier molecular flexibility index (Phi) is 6.67. The maximum absolute atomic E-state index is 10.7. The van der Waals surface area contributed by atoms with Crippen LogP contribution in [-0.2, 0) is 11.2 Å². The summed E-state index contributed by atoms with van der Waals surface area (Å²) >= 11 is 6.79. The van der Waals surface area contributed by atoms with Gasteiger partial charge in [0.15, 0.2) is 0 Å². The lowest BCUT2D eigenvalue weighted by molar-refractivity contribution is -0.138. The van der Waals surface area contributed by atoms with Gasteiger partial charge in [-0.3, -0.25) is 4.79 Å². The molecule has 100 valence electrons. The molecular formula is C12H15Br2NO3. The van der Waals surface area contributed by atoms with Crippen molar-refractivity contribution in [1.29, 1.82) is 0 Å². The Bertz CT molecular complexity index is 401. The first-order valence-electron chi connectivity index (χ1n) is 5.43. The molecule has 0 aliphatic heterocycles. The van der Waals surface area contributed by atoms with Crippen LogP contribution in [0.3, 0.4) is 0 Å². The van der Waals surface area contributed by atoms with E-state index in [9.17, 15) is 4.79 Å². The predicted molar refractivity (Wildman–Crippen MR) is 77.8 cm³/mol. The standard InChI is InChI=1S/C12H15Br2NO3/c13-6-9(14)7-18-10-3-1-2-8(4-10)5-11(15)12(16)17/h1-4,9,11H,5-7,15H2,(H,16,17)/t9?,11-/m0/s1. The molecule has 0 radical (unpaired) electrons. The Labute approximate surface area is 123 Å². The molecule has 0 amide bonds. The zero-order valence-electron chi connectivity index (χ0n) is 9.68. The lowest BCUT2D eigenvalue weighted by Crippen LogP contribution is -2.32. The Morgan fingerprint density at radius 1 is 1.50 bits per heavy atom. The number of carboxylic acids is 1. The van der Waals surface area contributed by atoms with E-state index >= 15 is 0 Å². The van der Waals surface area contributed by atoms with Gasteiger partial charge in [0.25, 0.3) is 0 Å². The number of carboxylic acid groups (broad SMARTS) is 1. The number of benzene rings is 1. The molecule has 1 rings (SSSR count). The van der Waals surface area contributed by atoms with E-state index in [-0.39, 0.29) is 4.83 Å². The number of alkyl halides is 2. The van der Waals surface area contributed by atoms with Crippen LogP contribution in [0.2, 0.25) is 0 Å². The highest BCUT2D eigenvalue weighted by Gasteiger charge is 2.12. The van der Waals surface area contributed by atoms with Crippen LogP contribution in [-0.4, -0.2) is 33.9 Å². The van der Waals surface area contributed by atoms with Crippen molar-refractivity contribution in [3.8, 4) is 5.75 Å². The van der Waals surface area contributed by atoms with E-state index in [2.05, 4.69) is 31.9 Å². The van der Waals surface area contributed by atoms with Gasteiger partial charge < -0.3 is 15.6 Å². The zero-order chi connectivity index (χ0) is 13.5. The maximum atomic E-state index is 10.7. The topological polar surface area (TPSA) is 72.5 Å². The van der Waals surface area contributed by atoms with Gasteiger partial charge in [-0.1, -0.05) is 44.0 Å². The average Bonchev–Trinajstić information content (AvgIpc) is 2.36. The van der Waals surface area contributed by atoms with Crippen LogP contribution in [0, 0.1) is 0 Å². The minimum Gasteiger partial charge on any atom is -0.492 e. The highest BCUT2D eigenvalue weighted by Crippen LogP contribution is 2.16. The molecule has 0 bridgehead atoms. The van der Waals surface area contributed by atoms with Gasteiger partial charge in [-0.2, -0.15) is 0 Å². The lowest BCUT2D eigenvalue weighted by atomic mass is 10.1. The van der Waals surface area contributed by atoms with Crippen molar-refractivity contribution in [3.05, 3.63) is 29.8 Å². The normalized spacial score (nSPS) is 13.9. The van der Waals surface area contributed by atoms with Crippen molar-refractivity contribution in [2.45, 2.75) is 17.3 Å². The SMILES string of the molecule is N[C@@H](Cc1cccc(OCC(Br)CBr)c1)C(=O)O. The number of aliphatic carboxylic acids is 1. The number of carbonyl (C=O) groups is 1. The molecule has 0 fully saturated rings. The second-order valence-corrected chi connectivity index (χ2v) is 5.80. The molecule has 4 nitrogen and oxygen atoms in total. The molecule has 1 aromatic rings. The summed E-state index contributed by atoms with van der Waals surface area (Å²) in [5.74, 6) is -0.281. The first-order valence-corrected chi connectivity index (χ1v) is 7.46. The Balaban J connectivity index is 2.59. The molecule has 0 aliphatic rings. The van der Waals surface area contributed by atoms with Gasteiger partial charge in [0, 0.05) is 5.33 Å². The highest BCUT2D eigenvalue weighted by atomic mass is 79.9. The second kappa shape index (κ2) is 7.76. The van der Waals surface area contributed by atoms with Crippen molar-refractivity contribution < 1.29 is 14.6 Å². The molecule has 1 unspecified atom stereocenters. The van der Waals surface area contributed by atoms with Crippen LogP contribution in [0.5, 0.6) is 5.75 Å². The minimum absolute atomic E-state index is 0.238. The second-order valence-electron chi connectivity index (χ2n) is 3.86. The Morgan fingerprint density at radius 3 is 2.83 bits per heavy atom. The molecule has 18 heavy (non-hydrogen) atoms. The summed E-state index contributed by atoms with van der Waals surface area (Å²) in [5, 5.41) is 9.56. The third-order valence-electron chi connectivity index (χ3n) is 2.27. The van der Waals surface area contributed by atoms with Crippen molar-refractivity contribution in [2.24, 2.45) is 5.73 Å². The number of halogens is 2. The number of hydrogen-bond acceptors (Lipinski definition) is 3. The number of hydrogen-bond donors (Lipinski definition) is 2. The largest absolute Gasteiger partial charge is 0.492 e. The van der Waals surface area contributed by atoms with Gasteiger partial charge >= 0.3 is 5.97 Å². The molecular weight excluding hydrogens is 366 g/mol. The van der Waals surface area contributed by atoms with Crippen LogP contribution in [0.15, 0.2) is 24.3 Å². The molecule has 0 heterocycles. The predicted octanol–water partition coefficient (Wildman–Crippen LogP) is 2.18. The van der Waals surface area contributed by atoms with Gasteiger partial charge in [0.2, 0.25) is 0 Å². The van der Waals surface area contributed by atoms with E-state index in [1.165, 1.54) is 0 Å². The first-order chi connectivity index (χ1) is 8.52. The summed E-state index contributed by atoms with van der Waals surface area (Å²) in [6.45, 7) is 0.541. The van der Waals surface area contributed by atoms with Crippen molar-refractivity contribution in [1.82, 2.24) is 0 Å². The van der Waals surface area contributed by atoms with Gasteiger partial charge in [-0.25, -0.2) is 0 Å². The fourth-order valence-electron chi connectivity index (χ4n) is 1.33. The van der Waals surface area contributed by atoms with Crippen LogP contribution >= 0.6 is 31.9 Å².